The van der Waals surface area contributed by atoms with Gasteiger partial charge in [0, 0.05) is 11.7 Å². The van der Waals surface area contributed by atoms with Crippen LogP contribution in [-0.4, -0.2) is 19.8 Å². The van der Waals surface area contributed by atoms with Crippen molar-refractivity contribution >= 4 is 28.1 Å². The molecule has 0 amide bonds. The van der Waals surface area contributed by atoms with E-state index in [1.54, 1.807) is 23.1 Å². The summed E-state index contributed by atoms with van der Waals surface area (Å²) in [7, 11) is 0. The first-order valence-electron chi connectivity index (χ1n) is 7.28. The molecule has 0 aliphatic rings. The summed E-state index contributed by atoms with van der Waals surface area (Å²) < 4.78 is 2.87. The molecule has 2 heterocycles. The van der Waals surface area contributed by atoms with Crippen LogP contribution in [0.25, 0.3) is 4.96 Å². The van der Waals surface area contributed by atoms with Crippen LogP contribution in [0.1, 0.15) is 36.8 Å². The van der Waals surface area contributed by atoms with Gasteiger partial charge < -0.3 is 5.73 Å². The van der Waals surface area contributed by atoms with E-state index in [4.69, 9.17) is 0 Å². The van der Waals surface area contributed by atoms with Gasteiger partial charge in [0.15, 0.2) is 4.34 Å². The van der Waals surface area contributed by atoms with Crippen LogP contribution in [0.15, 0.2) is 28.6 Å². The minimum atomic E-state index is 0.103. The van der Waals surface area contributed by atoms with E-state index in [2.05, 4.69) is 66.1 Å². The van der Waals surface area contributed by atoms with Gasteiger partial charge >= 0.3 is 0 Å². The molecule has 0 fully saturated rings. The van der Waals surface area contributed by atoms with E-state index in [1.807, 2.05) is 4.52 Å². The van der Waals surface area contributed by atoms with Crippen LogP contribution in [0, 0.1) is 12.8 Å². The Morgan fingerprint density at radius 3 is 2.77 bits per heavy atom. The fraction of sp³-hybridized carbons (Fsp3) is 0.400. The molecule has 3 rings (SSSR count). The smallest absolute Gasteiger partial charge is 0.235 e. The molecule has 0 bridgehead atoms. The highest BCUT2D eigenvalue weighted by atomic mass is 32.2. The van der Waals surface area contributed by atoms with E-state index < -0.39 is 0 Å². The minimum Gasteiger partial charge on any atom is -0.348 e. The SMILES string of the molecule is Cc1ccccc1CSc1nn2c([C@@H]([NH3+])C(C)C)nnc2s1. The lowest BCUT2D eigenvalue weighted by Gasteiger charge is -2.08. The molecule has 3 N–H and O–H groups in total. The zero-order chi connectivity index (χ0) is 15.7. The van der Waals surface area contributed by atoms with Gasteiger partial charge in [-0.05, 0) is 18.1 Å². The summed E-state index contributed by atoms with van der Waals surface area (Å²) in [6, 6.07) is 8.56. The fourth-order valence-electron chi connectivity index (χ4n) is 2.11. The van der Waals surface area contributed by atoms with E-state index in [-0.39, 0.29) is 6.04 Å². The number of aromatic nitrogens is 4. The maximum absolute atomic E-state index is 4.65. The predicted molar refractivity (Wildman–Crippen MR) is 89.9 cm³/mol. The van der Waals surface area contributed by atoms with Crippen molar-refractivity contribution in [2.24, 2.45) is 5.92 Å². The molecule has 5 nitrogen and oxygen atoms in total. The van der Waals surface area contributed by atoms with Gasteiger partial charge in [0.2, 0.25) is 10.8 Å². The van der Waals surface area contributed by atoms with Crippen molar-refractivity contribution in [3.05, 3.63) is 41.2 Å². The van der Waals surface area contributed by atoms with Gasteiger partial charge in [0.1, 0.15) is 6.04 Å². The predicted octanol–water partition coefficient (Wildman–Crippen LogP) is 2.73. The van der Waals surface area contributed by atoms with Crippen LogP contribution < -0.4 is 5.73 Å². The molecule has 7 heteroatoms. The summed E-state index contributed by atoms with van der Waals surface area (Å²) in [5.41, 5.74) is 6.84. The minimum absolute atomic E-state index is 0.103. The van der Waals surface area contributed by atoms with Gasteiger partial charge in [-0.25, -0.2) is 0 Å². The quantitative estimate of drug-likeness (QED) is 0.728. The van der Waals surface area contributed by atoms with Gasteiger partial charge in [0.25, 0.3) is 0 Å². The molecule has 0 aliphatic carbocycles. The molecule has 3 aromatic rings. The third-order valence-electron chi connectivity index (χ3n) is 3.75. The summed E-state index contributed by atoms with van der Waals surface area (Å²) in [5, 5.41) is 13.1. The Labute approximate surface area is 137 Å². The molecule has 116 valence electrons. The molecule has 2 aromatic heterocycles. The third-order valence-corrected chi connectivity index (χ3v) is 5.83. The first-order valence-corrected chi connectivity index (χ1v) is 9.09. The van der Waals surface area contributed by atoms with Crippen molar-refractivity contribution in [3.8, 4) is 0 Å². The van der Waals surface area contributed by atoms with Crippen molar-refractivity contribution < 1.29 is 5.73 Å². The Morgan fingerprint density at radius 1 is 1.27 bits per heavy atom. The second-order valence-electron chi connectivity index (χ2n) is 5.69. The van der Waals surface area contributed by atoms with Crippen molar-refractivity contribution in [1.29, 1.82) is 0 Å². The number of hydrogen-bond donors (Lipinski definition) is 1. The molecule has 0 saturated heterocycles. The van der Waals surface area contributed by atoms with E-state index in [9.17, 15) is 0 Å². The molecule has 22 heavy (non-hydrogen) atoms. The maximum atomic E-state index is 4.65. The summed E-state index contributed by atoms with van der Waals surface area (Å²) in [6.07, 6.45) is 0. The zero-order valence-corrected chi connectivity index (χ0v) is 14.6. The number of rotatable bonds is 5. The zero-order valence-electron chi connectivity index (χ0n) is 13.0. The fourth-order valence-corrected chi connectivity index (χ4v) is 4.07. The number of thioether (sulfide) groups is 1. The summed E-state index contributed by atoms with van der Waals surface area (Å²) >= 11 is 3.33. The lowest BCUT2D eigenvalue weighted by atomic mass is 10.1. The normalized spacial score (nSPS) is 13.1. The Morgan fingerprint density at radius 2 is 2.05 bits per heavy atom. The Kier molecular flexibility index (Phi) is 4.46. The molecular formula is C15H20N5S2+. The summed E-state index contributed by atoms with van der Waals surface area (Å²) in [5.74, 6) is 2.19. The molecule has 0 spiro atoms. The molecule has 1 aromatic carbocycles. The van der Waals surface area contributed by atoms with Crippen molar-refractivity contribution in [3.63, 3.8) is 0 Å². The van der Waals surface area contributed by atoms with Crippen LogP contribution in [-0.2, 0) is 5.75 Å². The van der Waals surface area contributed by atoms with E-state index in [1.165, 1.54) is 11.1 Å². The van der Waals surface area contributed by atoms with E-state index in [0.717, 1.165) is 20.9 Å². The Hall–Kier alpha value is -1.44. The van der Waals surface area contributed by atoms with Crippen LogP contribution in [0.3, 0.4) is 0 Å². The highest BCUT2D eigenvalue weighted by Crippen LogP contribution is 2.29. The van der Waals surface area contributed by atoms with E-state index in [0.29, 0.717) is 5.92 Å². The number of benzene rings is 1. The number of hydrogen-bond acceptors (Lipinski definition) is 5. The largest absolute Gasteiger partial charge is 0.348 e. The maximum Gasteiger partial charge on any atom is 0.235 e. The van der Waals surface area contributed by atoms with Gasteiger partial charge in [0.05, 0.1) is 0 Å². The van der Waals surface area contributed by atoms with Crippen molar-refractivity contribution in [2.75, 3.05) is 0 Å². The molecule has 0 radical (unpaired) electrons. The van der Waals surface area contributed by atoms with Gasteiger partial charge in [-0.1, -0.05) is 61.2 Å². The Bertz CT molecular complexity index is 777. The molecule has 0 saturated carbocycles. The van der Waals surface area contributed by atoms with E-state index >= 15 is 0 Å². The molecular weight excluding hydrogens is 314 g/mol. The molecule has 1 atom stereocenters. The van der Waals surface area contributed by atoms with Crippen LogP contribution in [0.5, 0.6) is 0 Å². The summed E-state index contributed by atoms with van der Waals surface area (Å²) in [4.78, 5) is 0.844. The van der Waals surface area contributed by atoms with Crippen molar-refractivity contribution in [2.45, 2.75) is 36.9 Å². The van der Waals surface area contributed by atoms with Crippen LogP contribution >= 0.6 is 23.1 Å². The lowest BCUT2D eigenvalue weighted by Crippen LogP contribution is -2.56. The standard InChI is InChI=1S/C15H19N5S2/c1-9(2)12(16)13-17-18-14-20(13)19-15(22-14)21-8-11-7-5-4-6-10(11)3/h4-7,9,12H,8,16H2,1-3H3/p+1/t12-/m0/s1. The van der Waals surface area contributed by atoms with Gasteiger partial charge in [-0.3, -0.25) is 0 Å². The van der Waals surface area contributed by atoms with Crippen LogP contribution in [0.2, 0.25) is 0 Å². The monoisotopic (exact) mass is 334 g/mol. The topological polar surface area (TPSA) is 70.7 Å². The third kappa shape index (κ3) is 3.02. The molecule has 0 unspecified atom stereocenters. The second kappa shape index (κ2) is 6.36. The first kappa shape index (κ1) is 15.5. The number of nitrogens with zero attached hydrogens (tertiary/aromatic N) is 4. The number of quaternary nitrogens is 1. The van der Waals surface area contributed by atoms with Crippen LogP contribution in [0.4, 0.5) is 0 Å². The molecule has 0 aliphatic heterocycles. The van der Waals surface area contributed by atoms with Crippen molar-refractivity contribution in [1.82, 2.24) is 19.8 Å². The first-order chi connectivity index (χ1) is 10.6. The average molecular weight is 334 g/mol. The number of fused-ring (bicyclic) bond motifs is 1. The summed E-state index contributed by atoms with van der Waals surface area (Å²) in [6.45, 7) is 6.42. The Balaban J connectivity index is 1.80. The highest BCUT2D eigenvalue weighted by molar-refractivity contribution is 8.00. The average Bonchev–Trinajstić information content (AvgIpc) is 3.05. The number of aryl methyl sites for hydroxylation is 1. The van der Waals surface area contributed by atoms with Gasteiger partial charge in [-0.2, -0.15) is 4.52 Å². The highest BCUT2D eigenvalue weighted by Gasteiger charge is 2.23. The second-order valence-corrected chi connectivity index (χ2v) is 7.86. The lowest BCUT2D eigenvalue weighted by molar-refractivity contribution is -0.440. The van der Waals surface area contributed by atoms with Gasteiger partial charge in [-0.15, -0.1) is 15.3 Å².